The van der Waals surface area contributed by atoms with Crippen LogP contribution in [-0.2, 0) is 0 Å². The van der Waals surface area contributed by atoms with Crippen molar-refractivity contribution in [2.75, 3.05) is 0 Å². The van der Waals surface area contributed by atoms with Crippen LogP contribution in [0.15, 0.2) is 218 Å². The van der Waals surface area contributed by atoms with Crippen molar-refractivity contribution in [2.45, 2.75) is 0 Å². The van der Waals surface area contributed by atoms with Gasteiger partial charge in [-0.1, -0.05) is 188 Å². The van der Waals surface area contributed by atoms with E-state index in [2.05, 4.69) is 199 Å². The Morgan fingerprint density at radius 1 is 0.323 bits per heavy atom. The molecule has 12 aromatic rings. The van der Waals surface area contributed by atoms with Gasteiger partial charge in [0.15, 0.2) is 17.5 Å². The molecule has 0 aliphatic heterocycles. The van der Waals surface area contributed by atoms with Crippen LogP contribution in [0.3, 0.4) is 0 Å². The van der Waals surface area contributed by atoms with Crippen LogP contribution in [0.4, 0.5) is 0 Å². The van der Waals surface area contributed by atoms with Crippen molar-refractivity contribution < 1.29 is 0 Å². The molecule has 12 rings (SSSR count). The van der Waals surface area contributed by atoms with Crippen LogP contribution in [0.2, 0.25) is 0 Å². The molecule has 0 saturated carbocycles. The Morgan fingerprint density at radius 2 is 0.774 bits per heavy atom. The first kappa shape index (κ1) is 35.9. The van der Waals surface area contributed by atoms with Crippen molar-refractivity contribution in [1.82, 2.24) is 19.5 Å². The van der Waals surface area contributed by atoms with E-state index in [1.165, 1.54) is 42.0 Å². The Balaban J connectivity index is 1.17. The summed E-state index contributed by atoms with van der Waals surface area (Å²) in [5, 5.41) is 4.99. The zero-order valence-electron chi connectivity index (χ0n) is 33.5. The molecule has 0 fully saturated rings. The van der Waals surface area contributed by atoms with Crippen LogP contribution < -0.4 is 0 Å². The fourth-order valence-corrected chi connectivity index (χ4v) is 10.1. The molecule has 4 nitrogen and oxygen atoms in total. The van der Waals surface area contributed by atoms with Crippen LogP contribution in [0.1, 0.15) is 0 Å². The second kappa shape index (κ2) is 14.9. The molecule has 0 saturated heterocycles. The van der Waals surface area contributed by atoms with Crippen LogP contribution in [0, 0.1) is 0 Å². The van der Waals surface area contributed by atoms with Gasteiger partial charge in [-0.05, 0) is 52.6 Å². The van der Waals surface area contributed by atoms with E-state index in [1.807, 2.05) is 35.6 Å². The highest BCUT2D eigenvalue weighted by Crippen LogP contribution is 2.47. The van der Waals surface area contributed by atoms with Crippen LogP contribution in [0.25, 0.3) is 115 Å². The molecule has 0 bridgehead atoms. The molecular formula is C57H36N4S. The lowest BCUT2D eigenvalue weighted by atomic mass is 9.92. The molecule has 5 heteroatoms. The predicted molar refractivity (Wildman–Crippen MR) is 260 cm³/mol. The van der Waals surface area contributed by atoms with Gasteiger partial charge in [0.25, 0.3) is 0 Å². The Labute approximate surface area is 362 Å². The predicted octanol–water partition coefficient (Wildman–Crippen LogP) is 15.3. The monoisotopic (exact) mass is 808 g/mol. The summed E-state index contributed by atoms with van der Waals surface area (Å²) in [5.74, 6) is 1.85. The largest absolute Gasteiger partial charge is 0.307 e. The quantitative estimate of drug-likeness (QED) is 0.161. The Hall–Kier alpha value is -7.99. The van der Waals surface area contributed by atoms with Crippen LogP contribution in [-0.4, -0.2) is 19.5 Å². The van der Waals surface area contributed by atoms with E-state index in [0.717, 1.165) is 55.7 Å². The van der Waals surface area contributed by atoms with Crippen molar-refractivity contribution in [2.24, 2.45) is 0 Å². The number of aromatic nitrogens is 4. The minimum absolute atomic E-state index is 0.607. The van der Waals surface area contributed by atoms with Gasteiger partial charge in [0, 0.05) is 58.8 Å². The number of thiophene rings is 1. The van der Waals surface area contributed by atoms with Gasteiger partial charge < -0.3 is 4.57 Å². The van der Waals surface area contributed by atoms with Gasteiger partial charge in [-0.25, -0.2) is 15.0 Å². The summed E-state index contributed by atoms with van der Waals surface area (Å²) in [6, 6.07) is 77.5. The number of hydrogen-bond acceptors (Lipinski definition) is 4. The summed E-state index contributed by atoms with van der Waals surface area (Å²) in [6.07, 6.45) is 0. The third-order valence-electron chi connectivity index (χ3n) is 11.9. The third kappa shape index (κ3) is 6.09. The molecule has 62 heavy (non-hydrogen) atoms. The minimum atomic E-state index is 0.607. The second-order valence-electron chi connectivity index (χ2n) is 15.6. The normalized spacial score (nSPS) is 11.5. The topological polar surface area (TPSA) is 43.6 Å². The molecule has 0 spiro atoms. The zero-order valence-corrected chi connectivity index (χ0v) is 34.3. The van der Waals surface area contributed by atoms with Crippen molar-refractivity contribution in [3.8, 4) is 73.2 Å². The maximum atomic E-state index is 5.30. The maximum Gasteiger partial charge on any atom is 0.164 e. The molecule has 0 amide bonds. The first-order chi connectivity index (χ1) is 30.7. The number of fused-ring (bicyclic) bond motifs is 7. The lowest BCUT2D eigenvalue weighted by molar-refractivity contribution is 1.07. The minimum Gasteiger partial charge on any atom is -0.307 e. The molecule has 0 unspecified atom stereocenters. The first-order valence-electron chi connectivity index (χ1n) is 20.9. The number of rotatable bonds is 7. The van der Waals surface area contributed by atoms with Crippen LogP contribution >= 0.6 is 11.3 Å². The van der Waals surface area contributed by atoms with Gasteiger partial charge >= 0.3 is 0 Å². The van der Waals surface area contributed by atoms with Crippen molar-refractivity contribution in [1.29, 1.82) is 0 Å². The molecule has 0 aliphatic rings. The van der Waals surface area contributed by atoms with E-state index in [1.54, 1.807) is 0 Å². The summed E-state index contributed by atoms with van der Waals surface area (Å²) < 4.78 is 5.08. The van der Waals surface area contributed by atoms with E-state index in [4.69, 9.17) is 15.0 Å². The summed E-state index contributed by atoms with van der Waals surface area (Å²) in [5.41, 5.74) is 12.9. The average Bonchev–Trinajstić information content (AvgIpc) is 3.90. The second-order valence-corrected chi connectivity index (χ2v) is 16.6. The van der Waals surface area contributed by atoms with Crippen molar-refractivity contribution in [3.63, 3.8) is 0 Å². The summed E-state index contributed by atoms with van der Waals surface area (Å²) in [4.78, 5) is 15.7. The highest BCUT2D eigenvalue weighted by atomic mass is 32.1. The van der Waals surface area contributed by atoms with Gasteiger partial charge in [0.1, 0.15) is 0 Å². The lowest BCUT2D eigenvalue weighted by Crippen LogP contribution is -2.04. The van der Waals surface area contributed by atoms with E-state index in [-0.39, 0.29) is 0 Å². The van der Waals surface area contributed by atoms with Crippen molar-refractivity contribution >= 4 is 53.3 Å². The smallest absolute Gasteiger partial charge is 0.164 e. The average molecular weight is 809 g/mol. The molecular weight excluding hydrogens is 773 g/mol. The summed E-state index contributed by atoms with van der Waals surface area (Å²) in [7, 11) is 0. The van der Waals surface area contributed by atoms with Gasteiger partial charge in [0.2, 0.25) is 0 Å². The first-order valence-corrected chi connectivity index (χ1v) is 21.7. The standard InChI is InChI=1S/C57H36N4S/c1-5-17-37(18-6-1)38-29-31-42(32-30-38)56-58-55(41-23-11-4-12-24-41)59-57(60-56)43-35-47(39-19-7-2-8-20-39)53(48(36-43)40-21-9-3-10-22-40)61-49-27-15-13-25-44(49)45-33-34-51-52(54(45)61)46-26-14-16-28-50(46)62-51/h1-36H. The van der Waals surface area contributed by atoms with E-state index in [0.29, 0.717) is 17.5 Å². The lowest BCUT2D eigenvalue weighted by Gasteiger charge is -2.21. The van der Waals surface area contributed by atoms with Gasteiger partial charge in [-0.3, -0.25) is 0 Å². The van der Waals surface area contributed by atoms with E-state index >= 15 is 0 Å². The molecule has 0 radical (unpaired) electrons. The van der Waals surface area contributed by atoms with E-state index < -0.39 is 0 Å². The molecule has 290 valence electrons. The third-order valence-corrected chi connectivity index (χ3v) is 13.0. The molecule has 0 atom stereocenters. The Bertz CT molecular complexity index is 3540. The molecule has 3 heterocycles. The Morgan fingerprint density at radius 3 is 1.39 bits per heavy atom. The fraction of sp³-hybridized carbons (Fsp3) is 0. The number of nitrogens with zero attached hydrogens (tertiary/aromatic N) is 4. The molecule has 3 aromatic heterocycles. The molecule has 9 aromatic carbocycles. The molecule has 0 N–H and O–H groups in total. The highest BCUT2D eigenvalue weighted by Gasteiger charge is 2.25. The van der Waals surface area contributed by atoms with Gasteiger partial charge in [-0.2, -0.15) is 0 Å². The number of para-hydroxylation sites is 1. The summed E-state index contributed by atoms with van der Waals surface area (Å²) in [6.45, 7) is 0. The fourth-order valence-electron chi connectivity index (χ4n) is 8.97. The SMILES string of the molecule is c1ccc(-c2ccc(-c3nc(-c4ccccc4)nc(-c4cc(-c5ccccc5)c(-n5c6ccccc6c6ccc7sc8ccccc8c7c65)c(-c5ccccc5)c4)n3)cc2)cc1. The zero-order chi connectivity index (χ0) is 41.0. The summed E-state index contributed by atoms with van der Waals surface area (Å²) >= 11 is 1.85. The maximum absolute atomic E-state index is 5.30. The Kier molecular flexibility index (Phi) is 8.65. The highest BCUT2D eigenvalue weighted by molar-refractivity contribution is 7.26. The van der Waals surface area contributed by atoms with Crippen LogP contribution in [0.5, 0.6) is 0 Å². The number of benzene rings is 9. The van der Waals surface area contributed by atoms with E-state index in [9.17, 15) is 0 Å². The van der Waals surface area contributed by atoms with Gasteiger partial charge in [0.05, 0.1) is 16.7 Å². The number of hydrogen-bond donors (Lipinski definition) is 0. The van der Waals surface area contributed by atoms with Crippen molar-refractivity contribution in [3.05, 3.63) is 218 Å². The van der Waals surface area contributed by atoms with Gasteiger partial charge in [-0.15, -0.1) is 11.3 Å². The molecule has 0 aliphatic carbocycles.